The van der Waals surface area contributed by atoms with Crippen molar-refractivity contribution in [3.05, 3.63) is 40.5 Å². The van der Waals surface area contributed by atoms with E-state index >= 15 is 0 Å². The van der Waals surface area contributed by atoms with Crippen molar-refractivity contribution in [2.75, 3.05) is 6.61 Å². The SMILES string of the molecule is CCOC(=O)Cc1noc2ccc3cc(Br)ccc3c12. The van der Waals surface area contributed by atoms with Crippen LogP contribution in [-0.4, -0.2) is 17.7 Å². The first-order chi connectivity index (χ1) is 9.69. The molecule has 1 heterocycles. The molecule has 0 N–H and O–H groups in total. The molecule has 0 fully saturated rings. The number of hydrogen-bond donors (Lipinski definition) is 0. The normalized spacial score (nSPS) is 11.1. The number of benzene rings is 2. The topological polar surface area (TPSA) is 52.3 Å². The minimum Gasteiger partial charge on any atom is -0.466 e. The number of carbonyl (C=O) groups excluding carboxylic acids is 1. The molecule has 0 saturated carbocycles. The number of fused-ring (bicyclic) bond motifs is 3. The van der Waals surface area contributed by atoms with Crippen LogP contribution in [0.1, 0.15) is 12.6 Å². The molecule has 2 aromatic carbocycles. The molecular weight excluding hydrogens is 322 g/mol. The van der Waals surface area contributed by atoms with Gasteiger partial charge in [0.2, 0.25) is 0 Å². The lowest BCUT2D eigenvalue weighted by atomic mass is 10.0. The van der Waals surface area contributed by atoms with Crippen LogP contribution < -0.4 is 0 Å². The molecule has 0 radical (unpaired) electrons. The lowest BCUT2D eigenvalue weighted by molar-refractivity contribution is -0.142. The summed E-state index contributed by atoms with van der Waals surface area (Å²) in [5.41, 5.74) is 1.30. The van der Waals surface area contributed by atoms with E-state index in [1.54, 1.807) is 6.92 Å². The van der Waals surface area contributed by atoms with Crippen molar-refractivity contribution >= 4 is 43.6 Å². The maximum absolute atomic E-state index is 11.6. The molecule has 102 valence electrons. The molecule has 0 unspecified atom stereocenters. The molecule has 0 bridgehead atoms. The molecule has 0 amide bonds. The number of halogens is 1. The van der Waals surface area contributed by atoms with E-state index in [2.05, 4.69) is 21.1 Å². The van der Waals surface area contributed by atoms with Crippen LogP contribution in [0.5, 0.6) is 0 Å². The summed E-state index contributed by atoms with van der Waals surface area (Å²) >= 11 is 3.45. The van der Waals surface area contributed by atoms with E-state index in [1.807, 2.05) is 30.3 Å². The lowest BCUT2D eigenvalue weighted by Crippen LogP contribution is -2.07. The lowest BCUT2D eigenvalue weighted by Gasteiger charge is -2.02. The number of esters is 1. The minimum atomic E-state index is -0.295. The van der Waals surface area contributed by atoms with Crippen LogP contribution in [-0.2, 0) is 16.0 Å². The molecule has 0 aliphatic carbocycles. The second kappa shape index (κ2) is 5.25. The predicted molar refractivity (Wildman–Crippen MR) is 79.6 cm³/mol. The van der Waals surface area contributed by atoms with Crippen molar-refractivity contribution in [2.45, 2.75) is 13.3 Å². The van der Waals surface area contributed by atoms with E-state index in [9.17, 15) is 4.79 Å². The standard InChI is InChI=1S/C15H12BrNO3/c1-2-19-14(18)8-12-15-11-5-4-10(16)7-9(11)3-6-13(15)20-17-12/h3-7H,2,8H2,1H3. The monoisotopic (exact) mass is 333 g/mol. The van der Waals surface area contributed by atoms with E-state index in [-0.39, 0.29) is 12.4 Å². The smallest absolute Gasteiger partial charge is 0.312 e. The molecule has 0 saturated heterocycles. The molecule has 0 aliphatic rings. The van der Waals surface area contributed by atoms with Gasteiger partial charge in [-0.2, -0.15) is 0 Å². The Balaban J connectivity index is 2.16. The van der Waals surface area contributed by atoms with Crippen molar-refractivity contribution < 1.29 is 14.1 Å². The maximum atomic E-state index is 11.6. The predicted octanol–water partition coefficient (Wildman–Crippen LogP) is 3.85. The van der Waals surface area contributed by atoms with Gasteiger partial charge in [0, 0.05) is 4.47 Å². The first kappa shape index (κ1) is 13.1. The Morgan fingerprint density at radius 2 is 2.20 bits per heavy atom. The summed E-state index contributed by atoms with van der Waals surface area (Å²) < 4.78 is 11.3. The third kappa shape index (κ3) is 2.29. The Hall–Kier alpha value is -1.88. The third-order valence-corrected chi connectivity index (χ3v) is 3.60. The molecular formula is C15H12BrNO3. The molecule has 0 spiro atoms. The van der Waals surface area contributed by atoms with Crippen molar-refractivity contribution in [1.29, 1.82) is 0 Å². The Labute approximate surface area is 123 Å². The zero-order valence-corrected chi connectivity index (χ0v) is 12.4. The minimum absolute atomic E-state index is 0.121. The number of aromatic nitrogens is 1. The van der Waals surface area contributed by atoms with E-state index < -0.39 is 0 Å². The van der Waals surface area contributed by atoms with E-state index in [1.165, 1.54) is 0 Å². The van der Waals surface area contributed by atoms with Crippen LogP contribution >= 0.6 is 15.9 Å². The first-order valence-corrected chi connectivity index (χ1v) is 7.10. The van der Waals surface area contributed by atoms with E-state index in [0.29, 0.717) is 17.9 Å². The number of carbonyl (C=O) groups is 1. The number of rotatable bonds is 3. The van der Waals surface area contributed by atoms with Crippen molar-refractivity contribution in [3.63, 3.8) is 0 Å². The van der Waals surface area contributed by atoms with Crippen LogP contribution in [0.2, 0.25) is 0 Å². The van der Waals surface area contributed by atoms with Crippen molar-refractivity contribution in [1.82, 2.24) is 5.16 Å². The number of ether oxygens (including phenoxy) is 1. The molecule has 0 aliphatic heterocycles. The van der Waals surface area contributed by atoms with Crippen LogP contribution in [0, 0.1) is 0 Å². The fourth-order valence-electron chi connectivity index (χ4n) is 2.27. The molecule has 1 aromatic heterocycles. The third-order valence-electron chi connectivity index (χ3n) is 3.10. The highest BCUT2D eigenvalue weighted by atomic mass is 79.9. The number of hydrogen-bond acceptors (Lipinski definition) is 4. The van der Waals surface area contributed by atoms with Gasteiger partial charge >= 0.3 is 5.97 Å². The molecule has 0 atom stereocenters. The fourth-order valence-corrected chi connectivity index (χ4v) is 2.65. The summed E-state index contributed by atoms with van der Waals surface area (Å²) in [5.74, 6) is -0.295. The van der Waals surface area contributed by atoms with Gasteiger partial charge in [0.15, 0.2) is 5.58 Å². The summed E-state index contributed by atoms with van der Waals surface area (Å²) in [6.45, 7) is 2.15. The fraction of sp³-hybridized carbons (Fsp3) is 0.200. The second-order valence-electron chi connectivity index (χ2n) is 4.42. The van der Waals surface area contributed by atoms with Crippen LogP contribution in [0.25, 0.3) is 21.7 Å². The van der Waals surface area contributed by atoms with Crippen LogP contribution in [0.3, 0.4) is 0 Å². The van der Waals surface area contributed by atoms with E-state index in [4.69, 9.17) is 9.26 Å². The summed E-state index contributed by atoms with van der Waals surface area (Å²) in [7, 11) is 0. The van der Waals surface area contributed by atoms with Gasteiger partial charge in [0.05, 0.1) is 18.4 Å². The summed E-state index contributed by atoms with van der Waals surface area (Å²) in [6, 6.07) is 9.82. The average Bonchev–Trinajstić information content (AvgIpc) is 2.82. The Kier molecular flexibility index (Phi) is 3.44. The van der Waals surface area contributed by atoms with Gasteiger partial charge < -0.3 is 9.26 Å². The van der Waals surface area contributed by atoms with Gasteiger partial charge in [0.1, 0.15) is 5.69 Å². The van der Waals surface area contributed by atoms with E-state index in [0.717, 1.165) is 20.6 Å². The first-order valence-electron chi connectivity index (χ1n) is 6.31. The Morgan fingerprint density at radius 1 is 1.35 bits per heavy atom. The average molecular weight is 334 g/mol. The molecule has 20 heavy (non-hydrogen) atoms. The highest BCUT2D eigenvalue weighted by Gasteiger charge is 2.15. The molecule has 3 rings (SSSR count). The zero-order chi connectivity index (χ0) is 14.1. The quantitative estimate of drug-likeness (QED) is 0.683. The molecule has 5 heteroatoms. The Bertz CT molecular complexity index is 794. The van der Waals surface area contributed by atoms with Gasteiger partial charge in [-0.3, -0.25) is 4.79 Å². The molecule has 3 aromatic rings. The van der Waals surface area contributed by atoms with Gasteiger partial charge in [-0.1, -0.05) is 33.2 Å². The summed E-state index contributed by atoms with van der Waals surface area (Å²) in [5, 5.41) is 6.97. The molecule has 4 nitrogen and oxygen atoms in total. The van der Waals surface area contributed by atoms with Gasteiger partial charge in [0.25, 0.3) is 0 Å². The van der Waals surface area contributed by atoms with Gasteiger partial charge in [-0.05, 0) is 35.9 Å². The second-order valence-corrected chi connectivity index (χ2v) is 5.33. The van der Waals surface area contributed by atoms with Crippen molar-refractivity contribution in [3.8, 4) is 0 Å². The largest absolute Gasteiger partial charge is 0.466 e. The summed E-state index contributed by atoms with van der Waals surface area (Å²) in [4.78, 5) is 11.6. The van der Waals surface area contributed by atoms with Crippen LogP contribution in [0.15, 0.2) is 39.3 Å². The highest BCUT2D eigenvalue weighted by molar-refractivity contribution is 9.10. The van der Waals surface area contributed by atoms with Gasteiger partial charge in [-0.25, -0.2) is 0 Å². The van der Waals surface area contributed by atoms with Crippen LogP contribution in [0.4, 0.5) is 0 Å². The highest BCUT2D eigenvalue weighted by Crippen LogP contribution is 2.30. The number of nitrogens with zero attached hydrogens (tertiary/aromatic N) is 1. The Morgan fingerprint density at radius 3 is 3.00 bits per heavy atom. The van der Waals surface area contributed by atoms with Gasteiger partial charge in [-0.15, -0.1) is 0 Å². The maximum Gasteiger partial charge on any atom is 0.312 e. The van der Waals surface area contributed by atoms with Crippen molar-refractivity contribution in [2.24, 2.45) is 0 Å². The summed E-state index contributed by atoms with van der Waals surface area (Å²) in [6.07, 6.45) is 0.121. The zero-order valence-electron chi connectivity index (χ0n) is 10.9.